The molecule has 0 aliphatic heterocycles. The quantitative estimate of drug-likeness (QED) is 0.681. The lowest BCUT2D eigenvalue weighted by atomic mass is 9.79. The van der Waals surface area contributed by atoms with Crippen LogP contribution in [-0.4, -0.2) is 7.11 Å². The molecule has 0 saturated carbocycles. The molecule has 4 heteroatoms. The first-order valence-corrected chi connectivity index (χ1v) is 6.77. The SMILES string of the molecule is COc1cc(F)c(C(Cl)CC(C)C(C)(C)C)c(F)c1. The predicted octanol–water partition coefficient (Wildman–Crippen LogP) is 5.33. The molecule has 2 atom stereocenters. The largest absolute Gasteiger partial charge is 0.497 e. The van der Waals surface area contributed by atoms with Crippen molar-refractivity contribution < 1.29 is 13.5 Å². The molecule has 0 amide bonds. The first-order chi connectivity index (χ1) is 8.66. The van der Waals surface area contributed by atoms with Gasteiger partial charge in [-0.2, -0.15) is 0 Å². The number of benzene rings is 1. The fourth-order valence-corrected chi connectivity index (χ4v) is 2.24. The van der Waals surface area contributed by atoms with Crippen molar-refractivity contribution in [1.82, 2.24) is 0 Å². The minimum Gasteiger partial charge on any atom is -0.497 e. The van der Waals surface area contributed by atoms with E-state index >= 15 is 0 Å². The number of methoxy groups -OCH3 is 1. The molecule has 0 saturated heterocycles. The van der Waals surface area contributed by atoms with Crippen LogP contribution in [0.1, 0.15) is 45.1 Å². The Kier molecular flexibility index (Phi) is 5.19. The summed E-state index contributed by atoms with van der Waals surface area (Å²) in [5.74, 6) is -0.904. The number of rotatable bonds is 4. The highest BCUT2D eigenvalue weighted by Gasteiger charge is 2.27. The van der Waals surface area contributed by atoms with E-state index in [1.54, 1.807) is 0 Å². The highest BCUT2D eigenvalue weighted by Crippen LogP contribution is 2.38. The Balaban J connectivity index is 2.97. The first-order valence-electron chi connectivity index (χ1n) is 6.33. The molecule has 1 nitrogen and oxygen atoms in total. The summed E-state index contributed by atoms with van der Waals surface area (Å²) in [6.07, 6.45) is 0.519. The maximum absolute atomic E-state index is 13.9. The van der Waals surface area contributed by atoms with Gasteiger partial charge in [-0.1, -0.05) is 27.7 Å². The third-order valence-electron chi connectivity index (χ3n) is 3.64. The van der Waals surface area contributed by atoms with Crippen molar-refractivity contribution >= 4 is 11.6 Å². The maximum Gasteiger partial charge on any atom is 0.134 e. The van der Waals surface area contributed by atoms with Gasteiger partial charge < -0.3 is 4.74 Å². The highest BCUT2D eigenvalue weighted by molar-refractivity contribution is 6.20. The fraction of sp³-hybridized carbons (Fsp3) is 0.600. The molecule has 0 bridgehead atoms. The molecule has 1 aromatic rings. The number of ether oxygens (including phenoxy) is 1. The van der Waals surface area contributed by atoms with Crippen LogP contribution in [0.15, 0.2) is 12.1 Å². The van der Waals surface area contributed by atoms with Gasteiger partial charge in [0.25, 0.3) is 0 Å². The van der Waals surface area contributed by atoms with Crippen molar-refractivity contribution in [2.75, 3.05) is 7.11 Å². The summed E-state index contributed by atoms with van der Waals surface area (Å²) < 4.78 is 32.6. The molecule has 0 fully saturated rings. The minimum absolute atomic E-state index is 0.0482. The average molecular weight is 291 g/mol. The van der Waals surface area contributed by atoms with Crippen molar-refractivity contribution in [1.29, 1.82) is 0 Å². The van der Waals surface area contributed by atoms with E-state index < -0.39 is 17.0 Å². The zero-order valence-electron chi connectivity index (χ0n) is 12.1. The molecule has 0 spiro atoms. The zero-order chi connectivity index (χ0) is 14.8. The van der Waals surface area contributed by atoms with Crippen LogP contribution < -0.4 is 4.74 Å². The summed E-state index contributed by atoms with van der Waals surface area (Å²) in [6, 6.07) is 2.32. The molecule has 0 aliphatic carbocycles. The molecule has 19 heavy (non-hydrogen) atoms. The normalized spacial score (nSPS) is 15.2. The van der Waals surface area contributed by atoms with Crippen LogP contribution in [-0.2, 0) is 0 Å². The summed E-state index contributed by atoms with van der Waals surface area (Å²) in [6.45, 7) is 8.29. The summed E-state index contributed by atoms with van der Waals surface area (Å²) in [5.41, 5.74) is -0.0226. The molecule has 0 heterocycles. The van der Waals surface area contributed by atoms with Gasteiger partial charge in [0, 0.05) is 17.7 Å². The Morgan fingerprint density at radius 3 is 2.05 bits per heavy atom. The topological polar surface area (TPSA) is 9.23 Å². The fourth-order valence-electron chi connectivity index (χ4n) is 1.76. The minimum atomic E-state index is -0.680. The lowest BCUT2D eigenvalue weighted by Crippen LogP contribution is -2.19. The Labute approximate surface area is 118 Å². The molecule has 0 aromatic heterocycles. The van der Waals surface area contributed by atoms with Crippen molar-refractivity contribution in [2.45, 2.75) is 39.5 Å². The molecular weight excluding hydrogens is 270 g/mol. The summed E-state index contributed by atoms with van der Waals surface area (Å²) in [4.78, 5) is 0. The van der Waals surface area contributed by atoms with E-state index in [1.807, 2.05) is 6.92 Å². The van der Waals surface area contributed by atoms with Crippen LogP contribution in [0.2, 0.25) is 0 Å². The van der Waals surface area contributed by atoms with Crippen LogP contribution >= 0.6 is 11.6 Å². The molecule has 1 rings (SSSR count). The van der Waals surface area contributed by atoms with Gasteiger partial charge in [-0.3, -0.25) is 0 Å². The maximum atomic E-state index is 13.9. The number of hydrogen-bond donors (Lipinski definition) is 0. The van der Waals surface area contributed by atoms with Crippen molar-refractivity contribution in [3.63, 3.8) is 0 Å². The Morgan fingerprint density at radius 2 is 1.68 bits per heavy atom. The second kappa shape index (κ2) is 6.08. The molecule has 0 N–H and O–H groups in total. The Bertz CT molecular complexity index is 417. The average Bonchev–Trinajstić information content (AvgIpc) is 2.26. The third kappa shape index (κ3) is 4.07. The smallest absolute Gasteiger partial charge is 0.134 e. The highest BCUT2D eigenvalue weighted by atomic mass is 35.5. The number of hydrogen-bond acceptors (Lipinski definition) is 1. The second-order valence-corrected chi connectivity index (χ2v) is 6.50. The van der Waals surface area contributed by atoms with Crippen LogP contribution in [0.25, 0.3) is 0 Å². The lowest BCUT2D eigenvalue weighted by Gasteiger charge is -2.29. The van der Waals surface area contributed by atoms with Gasteiger partial charge in [0.2, 0.25) is 0 Å². The molecule has 1 aromatic carbocycles. The van der Waals surface area contributed by atoms with Crippen LogP contribution in [0, 0.1) is 23.0 Å². The summed E-state index contributed by atoms with van der Waals surface area (Å²) >= 11 is 6.19. The first kappa shape index (κ1) is 16.2. The predicted molar refractivity (Wildman–Crippen MR) is 74.7 cm³/mol. The third-order valence-corrected chi connectivity index (χ3v) is 4.04. The van der Waals surface area contributed by atoms with Crippen LogP contribution in [0.3, 0.4) is 0 Å². The molecular formula is C15H21ClF2O. The summed E-state index contributed by atoms with van der Waals surface area (Å²) in [7, 11) is 1.37. The zero-order valence-corrected chi connectivity index (χ0v) is 12.8. The van der Waals surface area contributed by atoms with Gasteiger partial charge in [0.15, 0.2) is 0 Å². The van der Waals surface area contributed by atoms with E-state index in [0.717, 1.165) is 12.1 Å². The number of alkyl halides is 1. The van der Waals surface area contributed by atoms with Gasteiger partial charge in [-0.25, -0.2) is 8.78 Å². The Hall–Kier alpha value is -0.830. The molecule has 2 unspecified atom stereocenters. The standard InChI is InChI=1S/C15H21ClF2O/c1-9(15(2,3)4)6-11(16)14-12(17)7-10(19-5)8-13(14)18/h7-9,11H,6H2,1-5H3. The second-order valence-electron chi connectivity index (χ2n) is 5.98. The van der Waals surface area contributed by atoms with E-state index in [1.165, 1.54) is 7.11 Å². The van der Waals surface area contributed by atoms with E-state index in [9.17, 15) is 8.78 Å². The van der Waals surface area contributed by atoms with Gasteiger partial charge in [0.1, 0.15) is 17.4 Å². The van der Waals surface area contributed by atoms with Gasteiger partial charge in [-0.15, -0.1) is 11.6 Å². The number of halogens is 3. The van der Waals surface area contributed by atoms with Gasteiger partial charge in [0.05, 0.1) is 12.5 Å². The van der Waals surface area contributed by atoms with Crippen molar-refractivity contribution in [2.24, 2.45) is 11.3 Å². The van der Waals surface area contributed by atoms with Crippen molar-refractivity contribution in [3.05, 3.63) is 29.3 Å². The lowest BCUT2D eigenvalue weighted by molar-refractivity contribution is 0.243. The van der Waals surface area contributed by atoms with Crippen LogP contribution in [0.4, 0.5) is 8.78 Å². The van der Waals surface area contributed by atoms with E-state index in [0.29, 0.717) is 6.42 Å². The molecule has 108 valence electrons. The van der Waals surface area contributed by atoms with Gasteiger partial charge >= 0.3 is 0 Å². The van der Waals surface area contributed by atoms with E-state index in [2.05, 4.69) is 20.8 Å². The molecule has 0 aliphatic rings. The van der Waals surface area contributed by atoms with Gasteiger partial charge in [-0.05, 0) is 17.8 Å². The molecule has 0 radical (unpaired) electrons. The van der Waals surface area contributed by atoms with Crippen molar-refractivity contribution in [3.8, 4) is 5.75 Å². The van der Waals surface area contributed by atoms with Crippen LogP contribution in [0.5, 0.6) is 5.75 Å². The summed E-state index contributed by atoms with van der Waals surface area (Å²) in [5, 5.41) is -0.680. The monoisotopic (exact) mass is 290 g/mol. The van der Waals surface area contributed by atoms with E-state index in [4.69, 9.17) is 16.3 Å². The Morgan fingerprint density at radius 1 is 1.21 bits per heavy atom. The van der Waals surface area contributed by atoms with E-state index in [-0.39, 0.29) is 22.6 Å².